The van der Waals surface area contributed by atoms with E-state index in [0.717, 1.165) is 95.0 Å². The summed E-state index contributed by atoms with van der Waals surface area (Å²) in [4.78, 5) is 51.1. The van der Waals surface area contributed by atoms with Gasteiger partial charge < -0.3 is 4.90 Å². The lowest BCUT2D eigenvalue weighted by atomic mass is 9.98. The number of rotatable bonds is 31. The number of unbranched alkanes of at least 4 members (excludes halogenated alkanes) is 20. The fraction of sp³-hybridized carbons (Fsp3) is 0.735. The van der Waals surface area contributed by atoms with Crippen molar-refractivity contribution in [2.75, 3.05) is 0 Å². The number of thiophene rings is 2. The molecule has 0 aliphatic carbocycles. The molecule has 0 aromatic carbocycles. The van der Waals surface area contributed by atoms with Crippen LogP contribution >= 0.6 is 22.7 Å². The van der Waals surface area contributed by atoms with Crippen molar-refractivity contribution in [1.82, 2.24) is 9.80 Å². The first-order chi connectivity index (χ1) is 27.2. The van der Waals surface area contributed by atoms with Crippen LogP contribution in [0.1, 0.15) is 254 Å². The van der Waals surface area contributed by atoms with E-state index in [2.05, 4.69) is 41.2 Å². The van der Waals surface area contributed by atoms with E-state index in [0.29, 0.717) is 16.7 Å². The van der Waals surface area contributed by atoms with E-state index in [4.69, 9.17) is 0 Å². The molecule has 0 fully saturated rings. The van der Waals surface area contributed by atoms with Crippen LogP contribution in [0.2, 0.25) is 0 Å². The van der Waals surface area contributed by atoms with E-state index in [1.54, 1.807) is 16.2 Å². The lowest BCUT2D eigenvalue weighted by Gasteiger charge is -2.29. The molecule has 2 aliphatic heterocycles. The van der Waals surface area contributed by atoms with Gasteiger partial charge in [0.2, 0.25) is 0 Å². The number of carbonyl (C=O) groups excluding carboxylic acids is 3. The van der Waals surface area contributed by atoms with Crippen LogP contribution in [0, 0.1) is 13.8 Å². The van der Waals surface area contributed by atoms with Gasteiger partial charge in [-0.3, -0.25) is 19.3 Å². The van der Waals surface area contributed by atoms with Crippen molar-refractivity contribution in [1.29, 1.82) is 0 Å². The molecule has 0 unspecified atom stereocenters. The van der Waals surface area contributed by atoms with Crippen LogP contribution in [0.15, 0.2) is 6.58 Å². The Kier molecular flexibility index (Phi) is 20.4. The number of hydrogen-bond acceptors (Lipinski definition) is 5. The van der Waals surface area contributed by atoms with E-state index in [1.165, 1.54) is 127 Å². The van der Waals surface area contributed by atoms with Crippen LogP contribution in [-0.4, -0.2) is 39.6 Å². The zero-order valence-electron chi connectivity index (χ0n) is 36.6. The second-order valence-electron chi connectivity index (χ2n) is 17.1. The molecule has 0 bridgehead atoms. The highest BCUT2D eigenvalue weighted by molar-refractivity contribution is 7.23. The minimum atomic E-state index is -0.142. The standard InChI is InChI=1S/C49H78N2O3S2/c1-8-12-16-20-24-28-32-39(33-29-25-21-17-13-9-2)50-36(5)41-37(6)55-45(43(41)48(50)53)46-44-42(38(7)56-46)47(52)51(49(44)54)40(34-30-26-22-18-14-10-3)35-31-27-23-19-15-11-4/h39-40H,5,8-35H2,1-4,6-7H3. The zero-order valence-corrected chi connectivity index (χ0v) is 38.2. The number of fused-ring (bicyclic) bond motifs is 2. The fourth-order valence-electron chi connectivity index (χ4n) is 9.28. The van der Waals surface area contributed by atoms with Gasteiger partial charge in [0.1, 0.15) is 0 Å². The summed E-state index contributed by atoms with van der Waals surface area (Å²) in [5.41, 5.74) is 3.63. The zero-order chi connectivity index (χ0) is 40.5. The molecule has 7 heteroatoms. The molecule has 3 amide bonds. The quantitative estimate of drug-likeness (QED) is 0.0563. The van der Waals surface area contributed by atoms with E-state index >= 15 is 0 Å². The molecule has 56 heavy (non-hydrogen) atoms. The molecule has 0 spiro atoms. The first kappa shape index (κ1) is 46.4. The summed E-state index contributed by atoms with van der Waals surface area (Å²) in [5.74, 6) is -0.216. The fourth-order valence-corrected chi connectivity index (χ4v) is 11.7. The molecule has 0 atom stereocenters. The Hall–Kier alpha value is -2.25. The van der Waals surface area contributed by atoms with Gasteiger partial charge >= 0.3 is 0 Å². The van der Waals surface area contributed by atoms with Gasteiger partial charge in [-0.05, 0) is 39.5 Å². The highest BCUT2D eigenvalue weighted by Crippen LogP contribution is 2.52. The molecule has 0 radical (unpaired) electrons. The number of aryl methyl sites for hydroxylation is 2. The molecule has 2 aromatic heterocycles. The third-order valence-electron chi connectivity index (χ3n) is 12.5. The van der Waals surface area contributed by atoms with Gasteiger partial charge in [0, 0.05) is 33.1 Å². The Morgan fingerprint density at radius 2 is 0.696 bits per heavy atom. The highest BCUT2D eigenvalue weighted by atomic mass is 32.1. The van der Waals surface area contributed by atoms with Crippen molar-refractivity contribution in [2.24, 2.45) is 0 Å². The molecule has 4 rings (SSSR count). The lowest BCUT2D eigenvalue weighted by Crippen LogP contribution is -2.40. The number of carbonyl (C=O) groups is 3. The van der Waals surface area contributed by atoms with Gasteiger partial charge in [-0.15, -0.1) is 22.7 Å². The van der Waals surface area contributed by atoms with Crippen LogP contribution < -0.4 is 0 Å². The van der Waals surface area contributed by atoms with Crippen LogP contribution in [0.25, 0.3) is 15.5 Å². The van der Waals surface area contributed by atoms with Crippen LogP contribution in [0.4, 0.5) is 0 Å². The second kappa shape index (κ2) is 24.6. The SMILES string of the molecule is C=C1c2c(C)sc(-c3sc(C)c4c3C(=O)N(C(CCCCCCCC)CCCCCCCC)C4=O)c2C(=O)N1C(CCCCCCCC)CCCCCCCC. The molecule has 0 saturated heterocycles. The average Bonchev–Trinajstić information content (AvgIpc) is 3.87. The summed E-state index contributed by atoms with van der Waals surface area (Å²) < 4.78 is 0. The minimum Gasteiger partial charge on any atom is -0.305 e. The normalized spacial score (nSPS) is 14.1. The van der Waals surface area contributed by atoms with Gasteiger partial charge in [-0.2, -0.15) is 0 Å². The molecule has 4 heterocycles. The van der Waals surface area contributed by atoms with Gasteiger partial charge in [0.25, 0.3) is 17.7 Å². The molecular weight excluding hydrogens is 729 g/mol. The third-order valence-corrected chi connectivity index (χ3v) is 14.9. The smallest absolute Gasteiger partial charge is 0.263 e. The largest absolute Gasteiger partial charge is 0.305 e. The van der Waals surface area contributed by atoms with Gasteiger partial charge in [0.15, 0.2) is 0 Å². The Morgan fingerprint density at radius 3 is 1.09 bits per heavy atom. The summed E-state index contributed by atoms with van der Waals surface area (Å²) in [5, 5.41) is 0. The van der Waals surface area contributed by atoms with Crippen molar-refractivity contribution < 1.29 is 14.4 Å². The van der Waals surface area contributed by atoms with Gasteiger partial charge in [0.05, 0.1) is 26.4 Å². The lowest BCUT2D eigenvalue weighted by molar-refractivity contribution is 0.0562. The van der Waals surface area contributed by atoms with Crippen molar-refractivity contribution in [3.8, 4) is 9.75 Å². The summed E-state index contributed by atoms with van der Waals surface area (Å²) >= 11 is 3.14. The molecule has 2 aromatic rings. The van der Waals surface area contributed by atoms with Crippen molar-refractivity contribution in [3.05, 3.63) is 38.6 Å². The monoisotopic (exact) mass is 807 g/mol. The maximum Gasteiger partial charge on any atom is 0.263 e. The maximum absolute atomic E-state index is 14.8. The Bertz CT molecular complexity index is 1410. The van der Waals surface area contributed by atoms with Crippen molar-refractivity contribution in [2.45, 2.75) is 233 Å². The topological polar surface area (TPSA) is 57.7 Å². The third kappa shape index (κ3) is 11.9. The highest BCUT2D eigenvalue weighted by Gasteiger charge is 2.47. The summed E-state index contributed by atoms with van der Waals surface area (Å²) in [6.45, 7) is 17.7. The predicted octanol–water partition coefficient (Wildman–Crippen LogP) is 15.9. The maximum atomic E-state index is 14.8. The van der Waals surface area contributed by atoms with Gasteiger partial charge in [-0.25, -0.2) is 0 Å². The van der Waals surface area contributed by atoms with Crippen LogP contribution in [0.5, 0.6) is 0 Å². The number of amides is 3. The number of imide groups is 1. The minimum absolute atomic E-state index is 0.0452. The molecule has 0 saturated carbocycles. The van der Waals surface area contributed by atoms with Crippen molar-refractivity contribution >= 4 is 46.1 Å². The van der Waals surface area contributed by atoms with E-state index in [-0.39, 0.29) is 29.8 Å². The van der Waals surface area contributed by atoms with Crippen LogP contribution in [-0.2, 0) is 0 Å². The van der Waals surface area contributed by atoms with E-state index < -0.39 is 0 Å². The number of nitrogens with zero attached hydrogens (tertiary/aromatic N) is 2. The first-order valence-corrected chi connectivity index (χ1v) is 25.0. The van der Waals surface area contributed by atoms with Gasteiger partial charge in [-0.1, -0.05) is 188 Å². The molecule has 5 nitrogen and oxygen atoms in total. The molecule has 0 N–H and O–H groups in total. The first-order valence-electron chi connectivity index (χ1n) is 23.4. The Morgan fingerprint density at radius 1 is 0.411 bits per heavy atom. The molecule has 2 aliphatic rings. The summed E-state index contributed by atoms with van der Waals surface area (Å²) in [6.07, 6.45) is 32.9. The van der Waals surface area contributed by atoms with E-state index in [9.17, 15) is 14.4 Å². The second-order valence-corrected chi connectivity index (χ2v) is 19.6. The van der Waals surface area contributed by atoms with Crippen molar-refractivity contribution in [3.63, 3.8) is 0 Å². The molecular formula is C49H78N2O3S2. The molecule has 314 valence electrons. The number of hydrogen-bond donors (Lipinski definition) is 0. The summed E-state index contributed by atoms with van der Waals surface area (Å²) in [7, 11) is 0. The summed E-state index contributed by atoms with van der Waals surface area (Å²) in [6, 6.07) is 0.0607. The predicted molar refractivity (Wildman–Crippen MR) is 242 cm³/mol. The van der Waals surface area contributed by atoms with E-state index in [1.807, 2.05) is 11.8 Å². The Labute approximate surface area is 350 Å². The van der Waals surface area contributed by atoms with Crippen LogP contribution in [0.3, 0.4) is 0 Å². The average molecular weight is 807 g/mol. The Balaban J connectivity index is 1.58.